The lowest BCUT2D eigenvalue weighted by molar-refractivity contribution is -0.143. The molecule has 3 amide bonds. The minimum atomic E-state index is -0.314. The normalized spacial score (nSPS) is 29.4. The Morgan fingerprint density at radius 1 is 1.16 bits per heavy atom. The van der Waals surface area contributed by atoms with Gasteiger partial charge in [-0.25, -0.2) is 0 Å². The number of aryl methyl sites for hydroxylation is 2. The van der Waals surface area contributed by atoms with E-state index in [-0.39, 0.29) is 47.9 Å². The van der Waals surface area contributed by atoms with Gasteiger partial charge in [-0.05, 0) is 42.7 Å². The molecule has 1 aliphatic heterocycles. The van der Waals surface area contributed by atoms with E-state index in [1.54, 1.807) is 0 Å². The fraction of sp³-hybridized carbons (Fsp3) is 0.450. The van der Waals surface area contributed by atoms with Crippen molar-refractivity contribution in [1.82, 2.24) is 4.90 Å². The Labute approximate surface area is 147 Å². The predicted molar refractivity (Wildman–Crippen MR) is 93.6 cm³/mol. The van der Waals surface area contributed by atoms with E-state index in [4.69, 9.17) is 0 Å². The third-order valence-electron chi connectivity index (χ3n) is 5.87. The van der Waals surface area contributed by atoms with Crippen LogP contribution in [0.2, 0.25) is 0 Å². The van der Waals surface area contributed by atoms with Crippen molar-refractivity contribution < 1.29 is 14.4 Å². The molecule has 1 saturated carbocycles. The summed E-state index contributed by atoms with van der Waals surface area (Å²) in [6.07, 6.45) is 5.82. The average Bonchev–Trinajstić information content (AvgIpc) is 3.26. The zero-order chi connectivity index (χ0) is 17.7. The number of rotatable bonds is 4. The highest BCUT2D eigenvalue weighted by Crippen LogP contribution is 2.52. The van der Waals surface area contributed by atoms with E-state index < -0.39 is 0 Å². The zero-order valence-corrected chi connectivity index (χ0v) is 14.5. The van der Waals surface area contributed by atoms with Crippen LogP contribution in [0.25, 0.3) is 0 Å². The standard InChI is InChI=1S/C20H22N2O3/c1-3-12-6-4-5-11(2)18(12)21-15(23)10-22-19(24)16-13-7-8-14(9-13)17(16)20(22)25/h4-8,13-14,16-17H,3,9-10H2,1-2H3,(H,21,23)/t13-,14-,16+,17+/m0/s1. The summed E-state index contributed by atoms with van der Waals surface area (Å²) in [6.45, 7) is 3.78. The number of anilines is 1. The van der Waals surface area contributed by atoms with Crippen LogP contribution in [0.3, 0.4) is 0 Å². The first-order chi connectivity index (χ1) is 12.0. The second-order valence-corrected chi connectivity index (χ2v) is 7.27. The Morgan fingerprint density at radius 3 is 2.40 bits per heavy atom. The summed E-state index contributed by atoms with van der Waals surface area (Å²) in [4.78, 5) is 39.0. The van der Waals surface area contributed by atoms with E-state index in [1.165, 1.54) is 4.90 Å². The van der Waals surface area contributed by atoms with Gasteiger partial charge in [0.05, 0.1) is 11.8 Å². The maximum absolute atomic E-state index is 12.7. The highest BCUT2D eigenvalue weighted by Gasteiger charge is 2.59. The Balaban J connectivity index is 1.49. The first kappa shape index (κ1) is 16.1. The van der Waals surface area contributed by atoms with Gasteiger partial charge in [0.1, 0.15) is 6.54 Å². The average molecular weight is 338 g/mol. The van der Waals surface area contributed by atoms with Crippen LogP contribution in [-0.4, -0.2) is 29.2 Å². The van der Waals surface area contributed by atoms with Crippen LogP contribution in [0.4, 0.5) is 5.69 Å². The van der Waals surface area contributed by atoms with Crippen LogP contribution in [0.5, 0.6) is 0 Å². The van der Waals surface area contributed by atoms with E-state index in [0.29, 0.717) is 0 Å². The summed E-state index contributed by atoms with van der Waals surface area (Å²) in [5, 5.41) is 2.90. The molecular formula is C20H22N2O3. The summed E-state index contributed by atoms with van der Waals surface area (Å²) < 4.78 is 0. The predicted octanol–water partition coefficient (Wildman–Crippen LogP) is 2.30. The molecule has 5 nitrogen and oxygen atoms in total. The second kappa shape index (κ2) is 5.83. The molecule has 1 saturated heterocycles. The Morgan fingerprint density at radius 2 is 1.80 bits per heavy atom. The maximum Gasteiger partial charge on any atom is 0.244 e. The molecule has 1 aromatic rings. The number of amides is 3. The number of para-hydroxylation sites is 1. The fourth-order valence-corrected chi connectivity index (χ4v) is 4.64. The minimum absolute atomic E-state index is 0.169. The molecule has 2 fully saturated rings. The number of likely N-dealkylation sites (tertiary alicyclic amines) is 1. The van der Waals surface area contributed by atoms with Crippen molar-refractivity contribution in [1.29, 1.82) is 0 Å². The third-order valence-corrected chi connectivity index (χ3v) is 5.87. The number of fused-ring (bicyclic) bond motifs is 5. The van der Waals surface area contributed by atoms with Gasteiger partial charge in [-0.1, -0.05) is 37.3 Å². The van der Waals surface area contributed by atoms with Gasteiger partial charge in [-0.15, -0.1) is 0 Å². The van der Waals surface area contributed by atoms with Crippen molar-refractivity contribution in [2.75, 3.05) is 11.9 Å². The van der Waals surface area contributed by atoms with Crippen molar-refractivity contribution in [2.45, 2.75) is 26.7 Å². The van der Waals surface area contributed by atoms with E-state index >= 15 is 0 Å². The van der Waals surface area contributed by atoms with E-state index in [2.05, 4.69) is 17.5 Å². The van der Waals surface area contributed by atoms with Crippen LogP contribution in [-0.2, 0) is 20.8 Å². The Hall–Kier alpha value is -2.43. The Kier molecular flexibility index (Phi) is 3.74. The van der Waals surface area contributed by atoms with E-state index in [9.17, 15) is 14.4 Å². The second-order valence-electron chi connectivity index (χ2n) is 7.27. The molecule has 1 aromatic carbocycles. The fourth-order valence-electron chi connectivity index (χ4n) is 4.64. The van der Waals surface area contributed by atoms with Crippen LogP contribution in [0, 0.1) is 30.6 Å². The van der Waals surface area contributed by atoms with E-state index in [1.807, 2.05) is 32.0 Å². The molecule has 0 unspecified atom stereocenters. The molecule has 0 spiro atoms. The molecule has 130 valence electrons. The lowest BCUT2D eigenvalue weighted by Crippen LogP contribution is -2.39. The topological polar surface area (TPSA) is 66.5 Å². The number of carbonyl (C=O) groups excluding carboxylic acids is 3. The third kappa shape index (κ3) is 2.41. The number of allylic oxidation sites excluding steroid dienone is 2. The molecule has 1 heterocycles. The minimum Gasteiger partial charge on any atom is -0.324 e. The Bertz CT molecular complexity index is 768. The molecule has 0 aromatic heterocycles. The van der Waals surface area contributed by atoms with Crippen LogP contribution in [0.1, 0.15) is 24.5 Å². The SMILES string of the molecule is CCc1cccc(C)c1NC(=O)CN1C(=O)[C@H]2[C@H](C1=O)[C@H]1C=C[C@H]2C1. The largest absolute Gasteiger partial charge is 0.324 e. The molecule has 4 atom stereocenters. The van der Waals surface area contributed by atoms with Gasteiger partial charge in [-0.2, -0.15) is 0 Å². The van der Waals surface area contributed by atoms with Gasteiger partial charge in [0.15, 0.2) is 0 Å². The molecule has 4 rings (SSSR count). The molecule has 2 bridgehead atoms. The summed E-state index contributed by atoms with van der Waals surface area (Å²) >= 11 is 0. The first-order valence-electron chi connectivity index (χ1n) is 8.93. The van der Waals surface area contributed by atoms with Crippen LogP contribution >= 0.6 is 0 Å². The van der Waals surface area contributed by atoms with Gasteiger partial charge < -0.3 is 5.32 Å². The number of nitrogens with zero attached hydrogens (tertiary/aromatic N) is 1. The number of hydrogen-bond donors (Lipinski definition) is 1. The number of imide groups is 1. The molecule has 25 heavy (non-hydrogen) atoms. The summed E-state index contributed by atoms with van der Waals surface area (Å²) in [5.41, 5.74) is 2.81. The van der Waals surface area contributed by atoms with Crippen molar-refractivity contribution in [3.63, 3.8) is 0 Å². The van der Waals surface area contributed by atoms with Crippen molar-refractivity contribution in [3.05, 3.63) is 41.5 Å². The molecule has 1 N–H and O–H groups in total. The molecule has 2 aliphatic carbocycles. The number of benzene rings is 1. The van der Waals surface area contributed by atoms with Gasteiger partial charge in [-0.3, -0.25) is 19.3 Å². The van der Waals surface area contributed by atoms with Gasteiger partial charge >= 0.3 is 0 Å². The molecule has 0 radical (unpaired) electrons. The first-order valence-corrected chi connectivity index (χ1v) is 8.93. The summed E-state index contributed by atoms with van der Waals surface area (Å²) in [7, 11) is 0. The van der Waals surface area contributed by atoms with Crippen LogP contribution in [0.15, 0.2) is 30.4 Å². The molecule has 5 heteroatoms. The van der Waals surface area contributed by atoms with Gasteiger partial charge in [0.2, 0.25) is 17.7 Å². The van der Waals surface area contributed by atoms with Crippen molar-refractivity contribution in [3.8, 4) is 0 Å². The molecular weight excluding hydrogens is 316 g/mol. The number of nitrogens with one attached hydrogen (secondary N) is 1. The highest BCUT2D eigenvalue weighted by atomic mass is 16.2. The highest BCUT2D eigenvalue weighted by molar-refractivity contribution is 6.09. The monoisotopic (exact) mass is 338 g/mol. The molecule has 3 aliphatic rings. The van der Waals surface area contributed by atoms with Crippen molar-refractivity contribution in [2.24, 2.45) is 23.7 Å². The van der Waals surface area contributed by atoms with E-state index in [0.717, 1.165) is 29.7 Å². The quantitative estimate of drug-likeness (QED) is 0.677. The maximum atomic E-state index is 12.7. The smallest absolute Gasteiger partial charge is 0.244 e. The summed E-state index contributed by atoms with van der Waals surface area (Å²) in [5.74, 6) is -0.832. The number of hydrogen-bond acceptors (Lipinski definition) is 3. The lowest BCUT2D eigenvalue weighted by atomic mass is 9.85. The zero-order valence-electron chi connectivity index (χ0n) is 14.5. The van der Waals surface area contributed by atoms with Crippen LogP contribution < -0.4 is 5.32 Å². The summed E-state index contributed by atoms with van der Waals surface area (Å²) in [6, 6.07) is 5.87. The van der Waals surface area contributed by atoms with Gasteiger partial charge in [0.25, 0.3) is 0 Å². The van der Waals surface area contributed by atoms with Gasteiger partial charge in [0, 0.05) is 5.69 Å². The number of carbonyl (C=O) groups is 3. The lowest BCUT2D eigenvalue weighted by Gasteiger charge is -2.18. The van der Waals surface area contributed by atoms with Crippen molar-refractivity contribution >= 4 is 23.4 Å².